The molecule has 1 aliphatic rings. The fourth-order valence-corrected chi connectivity index (χ4v) is 2.56. The van der Waals surface area contributed by atoms with Gasteiger partial charge in [-0.1, -0.05) is 13.8 Å². The molecule has 2 rings (SSSR count). The van der Waals surface area contributed by atoms with Crippen LogP contribution in [0.15, 0.2) is 12.1 Å². The van der Waals surface area contributed by atoms with Gasteiger partial charge in [-0.2, -0.15) is 0 Å². The van der Waals surface area contributed by atoms with Gasteiger partial charge in [-0.05, 0) is 36.1 Å². The number of methoxy groups -OCH3 is 1. The fraction of sp³-hybridized carbons (Fsp3) is 0.600. The minimum Gasteiger partial charge on any atom is -0.496 e. The molecule has 1 fully saturated rings. The van der Waals surface area contributed by atoms with Gasteiger partial charge in [-0.15, -0.1) is 0 Å². The van der Waals surface area contributed by atoms with Crippen molar-refractivity contribution in [2.75, 3.05) is 38.2 Å². The van der Waals surface area contributed by atoms with Crippen LogP contribution >= 0.6 is 0 Å². The van der Waals surface area contributed by atoms with Crippen LogP contribution in [0.1, 0.15) is 30.9 Å². The zero-order chi connectivity index (χ0) is 13.1. The number of hydrogen-bond donors (Lipinski definition) is 1. The van der Waals surface area contributed by atoms with Crippen LogP contribution < -0.4 is 15.0 Å². The van der Waals surface area contributed by atoms with E-state index in [2.05, 4.69) is 43.1 Å². The summed E-state index contributed by atoms with van der Waals surface area (Å²) in [6.45, 7) is 10.9. The Morgan fingerprint density at radius 1 is 1.22 bits per heavy atom. The molecule has 1 aliphatic heterocycles. The normalized spacial score (nSPS) is 16.2. The van der Waals surface area contributed by atoms with Gasteiger partial charge in [0.15, 0.2) is 0 Å². The van der Waals surface area contributed by atoms with Crippen molar-refractivity contribution >= 4 is 5.69 Å². The molecule has 0 bridgehead atoms. The summed E-state index contributed by atoms with van der Waals surface area (Å²) in [6.07, 6.45) is 0. The molecule has 0 atom stereocenters. The molecule has 1 aromatic rings. The largest absolute Gasteiger partial charge is 0.496 e. The molecule has 100 valence electrons. The highest BCUT2D eigenvalue weighted by Gasteiger charge is 2.16. The number of nitrogens with zero attached hydrogens (tertiary/aromatic N) is 1. The Morgan fingerprint density at radius 2 is 1.89 bits per heavy atom. The van der Waals surface area contributed by atoms with E-state index in [4.69, 9.17) is 4.74 Å². The summed E-state index contributed by atoms with van der Waals surface area (Å²) in [5, 5.41) is 3.40. The molecule has 1 heterocycles. The molecule has 0 amide bonds. The molecule has 3 heteroatoms. The maximum Gasteiger partial charge on any atom is 0.122 e. The number of rotatable bonds is 3. The smallest absolute Gasteiger partial charge is 0.122 e. The summed E-state index contributed by atoms with van der Waals surface area (Å²) in [6, 6.07) is 4.48. The molecule has 1 aromatic carbocycles. The van der Waals surface area contributed by atoms with Gasteiger partial charge in [-0.3, -0.25) is 0 Å². The second-order valence-electron chi connectivity index (χ2n) is 5.27. The van der Waals surface area contributed by atoms with Crippen molar-refractivity contribution in [3.8, 4) is 5.75 Å². The van der Waals surface area contributed by atoms with E-state index in [9.17, 15) is 0 Å². The van der Waals surface area contributed by atoms with E-state index in [0.717, 1.165) is 31.9 Å². The topological polar surface area (TPSA) is 24.5 Å². The third-order valence-corrected chi connectivity index (χ3v) is 3.63. The highest BCUT2D eigenvalue weighted by atomic mass is 16.5. The van der Waals surface area contributed by atoms with Gasteiger partial charge in [0.05, 0.1) is 7.11 Å². The Bertz CT molecular complexity index is 409. The third kappa shape index (κ3) is 2.61. The second kappa shape index (κ2) is 5.61. The lowest BCUT2D eigenvalue weighted by molar-refractivity contribution is 0.407. The van der Waals surface area contributed by atoms with Crippen molar-refractivity contribution < 1.29 is 4.74 Å². The zero-order valence-electron chi connectivity index (χ0n) is 11.9. The summed E-state index contributed by atoms with van der Waals surface area (Å²) >= 11 is 0. The van der Waals surface area contributed by atoms with Crippen molar-refractivity contribution in [1.29, 1.82) is 0 Å². The summed E-state index contributed by atoms with van der Waals surface area (Å²) in [5.41, 5.74) is 3.97. The molecule has 1 saturated heterocycles. The Morgan fingerprint density at radius 3 is 2.44 bits per heavy atom. The van der Waals surface area contributed by atoms with Gasteiger partial charge in [0.1, 0.15) is 5.75 Å². The van der Waals surface area contributed by atoms with Crippen LogP contribution in [0.25, 0.3) is 0 Å². The Labute approximate surface area is 110 Å². The number of aryl methyl sites for hydroxylation is 1. The van der Waals surface area contributed by atoms with E-state index in [1.165, 1.54) is 16.8 Å². The predicted molar refractivity (Wildman–Crippen MR) is 76.9 cm³/mol. The number of ether oxygens (including phenoxy) is 1. The lowest BCUT2D eigenvalue weighted by Gasteiger charge is -2.31. The SMILES string of the molecule is COc1cc(C)c(N2CCNCC2)cc1C(C)C. The summed E-state index contributed by atoms with van der Waals surface area (Å²) < 4.78 is 5.50. The predicted octanol–water partition coefficient (Wildman–Crippen LogP) is 2.54. The van der Waals surface area contributed by atoms with E-state index in [1.807, 2.05) is 0 Å². The molecule has 0 aromatic heterocycles. The maximum atomic E-state index is 5.50. The van der Waals surface area contributed by atoms with Crippen molar-refractivity contribution in [2.45, 2.75) is 26.7 Å². The monoisotopic (exact) mass is 248 g/mol. The van der Waals surface area contributed by atoms with E-state index >= 15 is 0 Å². The van der Waals surface area contributed by atoms with Gasteiger partial charge < -0.3 is 15.0 Å². The molecule has 0 saturated carbocycles. The van der Waals surface area contributed by atoms with Crippen LogP contribution in [-0.4, -0.2) is 33.3 Å². The lowest BCUT2D eigenvalue weighted by Crippen LogP contribution is -2.43. The Balaban J connectivity index is 2.37. The van der Waals surface area contributed by atoms with Gasteiger partial charge in [0.2, 0.25) is 0 Å². The quantitative estimate of drug-likeness (QED) is 0.889. The third-order valence-electron chi connectivity index (χ3n) is 3.63. The van der Waals surface area contributed by atoms with Crippen LogP contribution in [0, 0.1) is 6.92 Å². The molecule has 0 unspecified atom stereocenters. The molecule has 1 N–H and O–H groups in total. The maximum absolute atomic E-state index is 5.50. The van der Waals surface area contributed by atoms with Crippen LogP contribution in [0.4, 0.5) is 5.69 Å². The molecule has 0 radical (unpaired) electrons. The highest BCUT2D eigenvalue weighted by Crippen LogP contribution is 2.33. The first-order valence-electron chi connectivity index (χ1n) is 6.77. The minimum atomic E-state index is 0.488. The number of anilines is 1. The second-order valence-corrected chi connectivity index (χ2v) is 5.27. The van der Waals surface area contributed by atoms with Crippen molar-refractivity contribution in [1.82, 2.24) is 5.32 Å². The van der Waals surface area contributed by atoms with Gasteiger partial charge in [-0.25, -0.2) is 0 Å². The number of benzene rings is 1. The van der Waals surface area contributed by atoms with Crippen LogP contribution in [0.3, 0.4) is 0 Å². The van der Waals surface area contributed by atoms with Gasteiger partial charge >= 0.3 is 0 Å². The average molecular weight is 248 g/mol. The van der Waals surface area contributed by atoms with Gasteiger partial charge in [0, 0.05) is 31.9 Å². The van der Waals surface area contributed by atoms with Crippen molar-refractivity contribution in [2.24, 2.45) is 0 Å². The molecule has 3 nitrogen and oxygen atoms in total. The van der Waals surface area contributed by atoms with Crippen LogP contribution in [0.2, 0.25) is 0 Å². The summed E-state index contributed by atoms with van der Waals surface area (Å²) in [7, 11) is 1.76. The molecule has 0 spiro atoms. The Hall–Kier alpha value is -1.22. The summed E-state index contributed by atoms with van der Waals surface area (Å²) in [4.78, 5) is 2.47. The summed E-state index contributed by atoms with van der Waals surface area (Å²) in [5.74, 6) is 1.50. The van der Waals surface area contributed by atoms with Crippen molar-refractivity contribution in [3.05, 3.63) is 23.3 Å². The fourth-order valence-electron chi connectivity index (χ4n) is 2.56. The molecule has 18 heavy (non-hydrogen) atoms. The Kier molecular flexibility index (Phi) is 4.12. The first-order chi connectivity index (χ1) is 8.63. The average Bonchev–Trinajstić information content (AvgIpc) is 2.39. The van der Waals surface area contributed by atoms with E-state index in [0.29, 0.717) is 5.92 Å². The van der Waals surface area contributed by atoms with Crippen molar-refractivity contribution in [3.63, 3.8) is 0 Å². The standard InChI is InChI=1S/C15H24N2O/c1-11(2)13-10-14(12(3)9-15(13)18-4)17-7-5-16-6-8-17/h9-11,16H,5-8H2,1-4H3. The number of hydrogen-bond acceptors (Lipinski definition) is 3. The molecular weight excluding hydrogens is 224 g/mol. The van der Waals surface area contributed by atoms with Gasteiger partial charge in [0.25, 0.3) is 0 Å². The van der Waals surface area contributed by atoms with Crippen LogP contribution in [-0.2, 0) is 0 Å². The lowest BCUT2D eigenvalue weighted by atomic mass is 9.98. The highest BCUT2D eigenvalue weighted by molar-refractivity contribution is 5.60. The first kappa shape index (κ1) is 13.2. The number of piperazine rings is 1. The van der Waals surface area contributed by atoms with E-state index < -0.39 is 0 Å². The number of nitrogens with one attached hydrogen (secondary N) is 1. The van der Waals surface area contributed by atoms with E-state index in [1.54, 1.807) is 7.11 Å². The zero-order valence-corrected chi connectivity index (χ0v) is 11.9. The first-order valence-corrected chi connectivity index (χ1v) is 6.77. The van der Waals surface area contributed by atoms with E-state index in [-0.39, 0.29) is 0 Å². The molecular formula is C15H24N2O. The minimum absolute atomic E-state index is 0.488. The molecule has 0 aliphatic carbocycles. The van der Waals surface area contributed by atoms with Crippen LogP contribution in [0.5, 0.6) is 5.75 Å².